The normalized spacial score (nSPS) is 14.4. The molecule has 0 fully saturated rings. The second-order valence-electron chi connectivity index (χ2n) is 6.70. The highest BCUT2D eigenvalue weighted by atomic mass is 35.5. The molecular formula is C20H19ClN2O3S. The average Bonchev–Trinajstić information content (AvgIpc) is 3.01. The molecule has 2 N–H and O–H groups in total. The Morgan fingerprint density at radius 3 is 2.70 bits per heavy atom. The number of ketones is 1. The van der Waals surface area contributed by atoms with Gasteiger partial charge < -0.3 is 4.98 Å². The number of hydrogen-bond acceptors (Lipinski definition) is 3. The molecule has 0 saturated carbocycles. The van der Waals surface area contributed by atoms with Crippen molar-refractivity contribution in [3.05, 3.63) is 58.2 Å². The number of para-hydroxylation sites is 1. The second-order valence-corrected chi connectivity index (χ2v) is 8.76. The van der Waals surface area contributed by atoms with Gasteiger partial charge >= 0.3 is 0 Å². The van der Waals surface area contributed by atoms with Crippen molar-refractivity contribution in [1.82, 2.24) is 4.98 Å². The summed E-state index contributed by atoms with van der Waals surface area (Å²) in [6, 6.07) is 10.2. The quantitative estimate of drug-likeness (QED) is 0.663. The molecule has 0 bridgehead atoms. The van der Waals surface area contributed by atoms with Crippen LogP contribution in [-0.2, 0) is 22.9 Å². The van der Waals surface area contributed by atoms with E-state index in [1.54, 1.807) is 30.3 Å². The topological polar surface area (TPSA) is 79.0 Å². The van der Waals surface area contributed by atoms with Crippen molar-refractivity contribution in [3.63, 3.8) is 0 Å². The molecule has 7 heteroatoms. The standard InChI is InChI=1S/C20H19ClN2O3S/c1-2-12-10-13-17(22-16-8-5-9-18(24)20(13)16)11-19(12)27(25,26)23-15-7-4-3-6-14(15)21/h3-4,6-7,10-11,22-23H,2,5,8-9H2,1H3. The predicted molar refractivity (Wildman–Crippen MR) is 107 cm³/mol. The lowest BCUT2D eigenvalue weighted by atomic mass is 9.94. The number of carbonyl (C=O) groups is 1. The van der Waals surface area contributed by atoms with Crippen molar-refractivity contribution in [3.8, 4) is 0 Å². The smallest absolute Gasteiger partial charge is 0.262 e. The molecule has 140 valence electrons. The first-order valence-corrected chi connectivity index (χ1v) is 10.7. The van der Waals surface area contributed by atoms with Gasteiger partial charge in [0.05, 0.1) is 15.6 Å². The molecule has 1 aromatic heterocycles. The van der Waals surface area contributed by atoms with E-state index in [1.165, 1.54) is 0 Å². The summed E-state index contributed by atoms with van der Waals surface area (Å²) in [6.45, 7) is 1.90. The molecule has 1 heterocycles. The minimum absolute atomic E-state index is 0.120. The van der Waals surface area contributed by atoms with Crippen LogP contribution in [0.4, 0.5) is 5.69 Å². The van der Waals surface area contributed by atoms with E-state index in [9.17, 15) is 13.2 Å². The van der Waals surface area contributed by atoms with Gasteiger partial charge in [0, 0.05) is 28.6 Å². The fourth-order valence-electron chi connectivity index (χ4n) is 3.65. The third-order valence-electron chi connectivity index (χ3n) is 4.96. The number of halogens is 1. The van der Waals surface area contributed by atoms with Gasteiger partial charge in [-0.05, 0) is 49.1 Å². The molecule has 0 unspecified atom stereocenters. The van der Waals surface area contributed by atoms with E-state index in [0.717, 1.165) is 23.9 Å². The molecule has 3 aromatic rings. The lowest BCUT2D eigenvalue weighted by molar-refractivity contribution is 0.0974. The van der Waals surface area contributed by atoms with Crippen molar-refractivity contribution in [1.29, 1.82) is 0 Å². The fraction of sp³-hybridized carbons (Fsp3) is 0.250. The molecule has 1 aliphatic carbocycles. The first-order chi connectivity index (χ1) is 12.9. The number of sulfonamides is 1. The minimum atomic E-state index is -3.82. The summed E-state index contributed by atoms with van der Waals surface area (Å²) in [4.78, 5) is 15.8. The zero-order valence-electron chi connectivity index (χ0n) is 14.8. The molecule has 0 amide bonds. The number of H-pyrrole nitrogens is 1. The SMILES string of the molecule is CCc1cc2c3c([nH]c2cc1S(=O)(=O)Nc1ccccc1Cl)CCCC3=O. The maximum atomic E-state index is 13.0. The first-order valence-electron chi connectivity index (χ1n) is 8.88. The molecule has 0 spiro atoms. The van der Waals surface area contributed by atoms with Gasteiger partial charge in [0.2, 0.25) is 0 Å². The van der Waals surface area contributed by atoms with Crippen molar-refractivity contribution >= 4 is 44.0 Å². The molecule has 2 aromatic carbocycles. The fourth-order valence-corrected chi connectivity index (χ4v) is 5.29. The summed E-state index contributed by atoms with van der Waals surface area (Å²) in [6.07, 6.45) is 2.69. The van der Waals surface area contributed by atoms with Crippen molar-refractivity contribution < 1.29 is 13.2 Å². The van der Waals surface area contributed by atoms with Gasteiger partial charge in [-0.2, -0.15) is 0 Å². The van der Waals surface area contributed by atoms with E-state index in [1.807, 2.05) is 13.0 Å². The summed E-state index contributed by atoms with van der Waals surface area (Å²) in [5.41, 5.74) is 3.29. The molecule has 5 nitrogen and oxygen atoms in total. The van der Waals surface area contributed by atoms with Crippen LogP contribution >= 0.6 is 11.6 Å². The largest absolute Gasteiger partial charge is 0.358 e. The summed E-state index contributed by atoms with van der Waals surface area (Å²) in [7, 11) is -3.82. The van der Waals surface area contributed by atoms with Crippen LogP contribution in [0.15, 0.2) is 41.3 Å². The highest BCUT2D eigenvalue weighted by Gasteiger charge is 2.26. The van der Waals surface area contributed by atoms with E-state index in [2.05, 4.69) is 9.71 Å². The van der Waals surface area contributed by atoms with Crippen LogP contribution < -0.4 is 4.72 Å². The third-order valence-corrected chi connectivity index (χ3v) is 6.73. The maximum absolute atomic E-state index is 13.0. The number of carbonyl (C=O) groups excluding carboxylic acids is 1. The number of aromatic amines is 1. The Hall–Kier alpha value is -2.31. The number of hydrogen-bond donors (Lipinski definition) is 2. The maximum Gasteiger partial charge on any atom is 0.262 e. The zero-order valence-corrected chi connectivity index (χ0v) is 16.4. The molecule has 0 radical (unpaired) electrons. The minimum Gasteiger partial charge on any atom is -0.358 e. The number of rotatable bonds is 4. The highest BCUT2D eigenvalue weighted by molar-refractivity contribution is 7.92. The van der Waals surface area contributed by atoms with Crippen molar-refractivity contribution in [2.75, 3.05) is 4.72 Å². The lowest BCUT2D eigenvalue weighted by Gasteiger charge is -2.13. The van der Waals surface area contributed by atoms with Crippen molar-refractivity contribution in [2.45, 2.75) is 37.5 Å². The van der Waals surface area contributed by atoms with Gasteiger partial charge in [0.15, 0.2) is 5.78 Å². The Morgan fingerprint density at radius 1 is 1.19 bits per heavy atom. The number of fused-ring (bicyclic) bond motifs is 3. The summed E-state index contributed by atoms with van der Waals surface area (Å²) < 4.78 is 28.6. The van der Waals surface area contributed by atoms with Crippen LogP contribution in [0.3, 0.4) is 0 Å². The van der Waals surface area contributed by atoms with Gasteiger partial charge in [-0.15, -0.1) is 0 Å². The molecule has 27 heavy (non-hydrogen) atoms. The Bertz CT molecular complexity index is 1170. The molecule has 0 aliphatic heterocycles. The van der Waals surface area contributed by atoms with E-state index in [-0.39, 0.29) is 10.7 Å². The van der Waals surface area contributed by atoms with Gasteiger partial charge in [0.1, 0.15) is 0 Å². The Labute approximate surface area is 162 Å². The van der Waals surface area contributed by atoms with E-state index < -0.39 is 10.0 Å². The lowest BCUT2D eigenvalue weighted by Crippen LogP contribution is -2.15. The van der Waals surface area contributed by atoms with E-state index in [0.29, 0.717) is 40.2 Å². The van der Waals surface area contributed by atoms with Gasteiger partial charge in [-0.25, -0.2) is 8.42 Å². The second kappa shape index (κ2) is 6.69. The molecular weight excluding hydrogens is 384 g/mol. The summed E-state index contributed by atoms with van der Waals surface area (Å²) >= 11 is 6.10. The Balaban J connectivity index is 1.86. The molecule has 0 atom stereocenters. The van der Waals surface area contributed by atoms with E-state index >= 15 is 0 Å². The zero-order chi connectivity index (χ0) is 19.2. The molecule has 0 saturated heterocycles. The van der Waals surface area contributed by atoms with Crippen molar-refractivity contribution in [2.24, 2.45) is 0 Å². The summed E-state index contributed by atoms with van der Waals surface area (Å²) in [5.74, 6) is 0.120. The van der Waals surface area contributed by atoms with Crippen LogP contribution in [0.2, 0.25) is 5.02 Å². The highest BCUT2D eigenvalue weighted by Crippen LogP contribution is 2.33. The third kappa shape index (κ3) is 3.13. The van der Waals surface area contributed by atoms with Crippen LogP contribution in [0.25, 0.3) is 10.9 Å². The predicted octanol–water partition coefficient (Wildman–Crippen LogP) is 4.70. The Morgan fingerprint density at radius 2 is 1.96 bits per heavy atom. The first kappa shape index (κ1) is 18.1. The number of aromatic nitrogens is 1. The average molecular weight is 403 g/mol. The number of nitrogens with one attached hydrogen (secondary N) is 2. The van der Waals surface area contributed by atoms with Crippen LogP contribution in [0.5, 0.6) is 0 Å². The Kier molecular flexibility index (Phi) is 4.48. The van der Waals surface area contributed by atoms with E-state index in [4.69, 9.17) is 11.6 Å². The van der Waals surface area contributed by atoms with Gasteiger partial charge in [0.25, 0.3) is 10.0 Å². The number of benzene rings is 2. The summed E-state index contributed by atoms with van der Waals surface area (Å²) in [5, 5.41) is 1.14. The monoisotopic (exact) mass is 402 g/mol. The number of Topliss-reactive ketones (excluding diaryl/α,β-unsaturated/α-hetero) is 1. The number of anilines is 1. The molecule has 4 rings (SSSR count). The van der Waals surface area contributed by atoms with Gasteiger partial charge in [-0.1, -0.05) is 30.7 Å². The van der Waals surface area contributed by atoms with Crippen LogP contribution in [0, 0.1) is 0 Å². The molecule has 1 aliphatic rings. The van der Waals surface area contributed by atoms with Crippen LogP contribution in [0.1, 0.15) is 41.4 Å². The number of aryl methyl sites for hydroxylation is 2. The van der Waals surface area contributed by atoms with Gasteiger partial charge in [-0.3, -0.25) is 9.52 Å². The van der Waals surface area contributed by atoms with Crippen LogP contribution in [-0.4, -0.2) is 19.2 Å².